The number of carbonyl (C=O) groups is 2. The highest BCUT2D eigenvalue weighted by atomic mass is 16.5. The van der Waals surface area contributed by atoms with Gasteiger partial charge in [0.2, 0.25) is 0 Å². The van der Waals surface area contributed by atoms with E-state index in [0.717, 1.165) is 32.1 Å². The molecule has 0 rings (SSSR count). The van der Waals surface area contributed by atoms with E-state index in [1.807, 2.05) is 6.92 Å². The van der Waals surface area contributed by atoms with E-state index in [1.54, 1.807) is 0 Å². The monoisotopic (exact) mass is 214 g/mol. The summed E-state index contributed by atoms with van der Waals surface area (Å²) < 4.78 is 4.48. The summed E-state index contributed by atoms with van der Waals surface area (Å²) in [6, 6.07) is 0. The first-order chi connectivity index (χ1) is 7.15. The molecule has 0 aromatic heterocycles. The van der Waals surface area contributed by atoms with Crippen LogP contribution >= 0.6 is 0 Å². The summed E-state index contributed by atoms with van der Waals surface area (Å²) in [6.45, 7) is 4.13. The molecule has 1 atom stereocenters. The molecule has 0 N–H and O–H groups in total. The molecular formula is C12H22O3. The highest BCUT2D eigenvalue weighted by molar-refractivity contribution is 5.96. The van der Waals surface area contributed by atoms with Gasteiger partial charge in [-0.2, -0.15) is 0 Å². The molecule has 15 heavy (non-hydrogen) atoms. The normalized spacial score (nSPS) is 12.2. The van der Waals surface area contributed by atoms with Gasteiger partial charge in [-0.3, -0.25) is 9.59 Å². The van der Waals surface area contributed by atoms with Gasteiger partial charge in [0.05, 0.1) is 7.11 Å². The molecule has 0 aromatic carbocycles. The molecule has 0 saturated carbocycles. The number of Topliss-reactive ketones (excluding diaryl/α,β-unsaturated/α-hetero) is 1. The molecule has 0 heterocycles. The van der Waals surface area contributed by atoms with Crippen molar-refractivity contribution in [1.82, 2.24) is 0 Å². The topological polar surface area (TPSA) is 43.4 Å². The molecular weight excluding hydrogens is 192 g/mol. The SMILES string of the molecule is CCCCCC(CC)C(=O)CC(=O)OC. The van der Waals surface area contributed by atoms with Crippen molar-refractivity contribution in [2.45, 2.75) is 52.4 Å². The van der Waals surface area contributed by atoms with Crippen molar-refractivity contribution < 1.29 is 14.3 Å². The van der Waals surface area contributed by atoms with Gasteiger partial charge in [0, 0.05) is 5.92 Å². The predicted octanol–water partition coefficient (Wildman–Crippen LogP) is 2.73. The lowest BCUT2D eigenvalue weighted by Gasteiger charge is -2.12. The van der Waals surface area contributed by atoms with Crippen LogP contribution in [0.4, 0.5) is 0 Å². The number of ether oxygens (including phenoxy) is 1. The number of methoxy groups -OCH3 is 1. The van der Waals surface area contributed by atoms with Crippen molar-refractivity contribution in [1.29, 1.82) is 0 Å². The lowest BCUT2D eigenvalue weighted by atomic mass is 9.93. The molecule has 0 radical (unpaired) electrons. The van der Waals surface area contributed by atoms with Crippen molar-refractivity contribution in [3.05, 3.63) is 0 Å². The number of unbranched alkanes of at least 4 members (excludes halogenated alkanes) is 2. The maximum atomic E-state index is 11.6. The second kappa shape index (κ2) is 8.45. The second-order valence-corrected chi connectivity index (χ2v) is 3.82. The van der Waals surface area contributed by atoms with Crippen molar-refractivity contribution in [3.8, 4) is 0 Å². The Bertz CT molecular complexity index is 199. The van der Waals surface area contributed by atoms with Crippen LogP contribution in [0.3, 0.4) is 0 Å². The van der Waals surface area contributed by atoms with E-state index >= 15 is 0 Å². The van der Waals surface area contributed by atoms with Crippen molar-refractivity contribution in [2.75, 3.05) is 7.11 Å². The van der Waals surface area contributed by atoms with Crippen LogP contribution in [0, 0.1) is 5.92 Å². The van der Waals surface area contributed by atoms with Gasteiger partial charge in [0.15, 0.2) is 0 Å². The van der Waals surface area contributed by atoms with E-state index < -0.39 is 5.97 Å². The molecule has 0 aliphatic heterocycles. The number of carbonyl (C=O) groups excluding carboxylic acids is 2. The van der Waals surface area contributed by atoms with Gasteiger partial charge in [0.1, 0.15) is 12.2 Å². The third-order valence-electron chi connectivity index (χ3n) is 2.65. The Labute approximate surface area is 92.2 Å². The Hall–Kier alpha value is -0.860. The zero-order valence-corrected chi connectivity index (χ0v) is 10.0. The Kier molecular flexibility index (Phi) is 7.96. The van der Waals surface area contributed by atoms with E-state index in [9.17, 15) is 9.59 Å². The lowest BCUT2D eigenvalue weighted by Crippen LogP contribution is -2.18. The summed E-state index contributed by atoms with van der Waals surface area (Å²) in [5.74, 6) is -0.356. The Morgan fingerprint density at radius 3 is 2.33 bits per heavy atom. The van der Waals surface area contributed by atoms with Gasteiger partial charge >= 0.3 is 5.97 Å². The van der Waals surface area contributed by atoms with Crippen LogP contribution in [-0.2, 0) is 14.3 Å². The average Bonchev–Trinajstić information content (AvgIpc) is 2.24. The van der Waals surface area contributed by atoms with Crippen LogP contribution < -0.4 is 0 Å². The van der Waals surface area contributed by atoms with Gasteiger partial charge in [-0.1, -0.05) is 33.1 Å². The number of ketones is 1. The van der Waals surface area contributed by atoms with E-state index in [2.05, 4.69) is 11.7 Å². The first-order valence-corrected chi connectivity index (χ1v) is 5.75. The van der Waals surface area contributed by atoms with Gasteiger partial charge in [-0.25, -0.2) is 0 Å². The summed E-state index contributed by atoms with van der Waals surface area (Å²) in [5, 5.41) is 0. The van der Waals surface area contributed by atoms with E-state index in [-0.39, 0.29) is 18.1 Å². The third-order valence-corrected chi connectivity index (χ3v) is 2.65. The summed E-state index contributed by atoms with van der Waals surface area (Å²) in [7, 11) is 1.31. The zero-order chi connectivity index (χ0) is 11.7. The average molecular weight is 214 g/mol. The molecule has 0 aliphatic rings. The molecule has 0 saturated heterocycles. The van der Waals surface area contributed by atoms with Gasteiger partial charge in [-0.05, 0) is 12.8 Å². The summed E-state index contributed by atoms with van der Waals surface area (Å²) >= 11 is 0. The van der Waals surface area contributed by atoms with Crippen LogP contribution in [-0.4, -0.2) is 18.9 Å². The number of hydrogen-bond acceptors (Lipinski definition) is 3. The maximum absolute atomic E-state index is 11.6. The fourth-order valence-corrected chi connectivity index (χ4v) is 1.59. The molecule has 1 unspecified atom stereocenters. The molecule has 3 heteroatoms. The molecule has 3 nitrogen and oxygen atoms in total. The van der Waals surface area contributed by atoms with Crippen LogP contribution in [0.15, 0.2) is 0 Å². The molecule has 0 fully saturated rings. The zero-order valence-electron chi connectivity index (χ0n) is 10.0. The van der Waals surface area contributed by atoms with E-state index in [1.165, 1.54) is 7.11 Å². The minimum atomic E-state index is -0.422. The van der Waals surface area contributed by atoms with Crippen molar-refractivity contribution in [2.24, 2.45) is 5.92 Å². The molecule has 0 spiro atoms. The predicted molar refractivity (Wildman–Crippen MR) is 59.6 cm³/mol. The molecule has 88 valence electrons. The van der Waals surface area contributed by atoms with Crippen LogP contribution in [0.2, 0.25) is 0 Å². The molecule has 0 aromatic rings. The van der Waals surface area contributed by atoms with Gasteiger partial charge < -0.3 is 4.74 Å². The first-order valence-electron chi connectivity index (χ1n) is 5.75. The van der Waals surface area contributed by atoms with Gasteiger partial charge in [0.25, 0.3) is 0 Å². The van der Waals surface area contributed by atoms with Crippen molar-refractivity contribution >= 4 is 11.8 Å². The molecule has 0 bridgehead atoms. The van der Waals surface area contributed by atoms with Crippen LogP contribution in [0.1, 0.15) is 52.4 Å². The second-order valence-electron chi connectivity index (χ2n) is 3.82. The Balaban J connectivity index is 3.93. The summed E-state index contributed by atoms with van der Waals surface area (Å²) in [5.41, 5.74) is 0. The number of hydrogen-bond donors (Lipinski definition) is 0. The van der Waals surface area contributed by atoms with Crippen LogP contribution in [0.5, 0.6) is 0 Å². The fraction of sp³-hybridized carbons (Fsp3) is 0.833. The smallest absolute Gasteiger partial charge is 0.313 e. The number of esters is 1. The largest absolute Gasteiger partial charge is 0.469 e. The van der Waals surface area contributed by atoms with Crippen molar-refractivity contribution in [3.63, 3.8) is 0 Å². The summed E-state index contributed by atoms with van der Waals surface area (Å²) in [4.78, 5) is 22.6. The number of rotatable bonds is 8. The fourth-order valence-electron chi connectivity index (χ4n) is 1.59. The molecule has 0 amide bonds. The highest BCUT2D eigenvalue weighted by Crippen LogP contribution is 2.16. The quantitative estimate of drug-likeness (QED) is 0.354. The summed E-state index contributed by atoms with van der Waals surface area (Å²) in [6.07, 6.45) is 5.03. The minimum Gasteiger partial charge on any atom is -0.469 e. The minimum absolute atomic E-state index is 0.0282. The lowest BCUT2D eigenvalue weighted by molar-refractivity contribution is -0.144. The molecule has 0 aliphatic carbocycles. The van der Waals surface area contributed by atoms with Crippen LogP contribution in [0.25, 0.3) is 0 Å². The first kappa shape index (κ1) is 14.1. The van der Waals surface area contributed by atoms with Gasteiger partial charge in [-0.15, -0.1) is 0 Å². The Morgan fingerprint density at radius 1 is 1.20 bits per heavy atom. The standard InChI is InChI=1S/C12H22O3/c1-4-6-7-8-10(5-2)11(13)9-12(14)15-3/h10H,4-9H2,1-3H3. The maximum Gasteiger partial charge on any atom is 0.313 e. The van der Waals surface area contributed by atoms with E-state index in [0.29, 0.717) is 0 Å². The van der Waals surface area contributed by atoms with E-state index in [4.69, 9.17) is 0 Å². The highest BCUT2D eigenvalue weighted by Gasteiger charge is 2.19. The Morgan fingerprint density at radius 2 is 1.87 bits per heavy atom. The third kappa shape index (κ3) is 6.26.